The second-order valence-electron chi connectivity index (χ2n) is 11.3. The highest BCUT2D eigenvalue weighted by atomic mass is 32.2. The number of hydrogen-bond acceptors (Lipinski definition) is 9. The lowest BCUT2D eigenvalue weighted by atomic mass is 10.0. The van der Waals surface area contributed by atoms with Crippen molar-refractivity contribution in [3.63, 3.8) is 0 Å². The van der Waals surface area contributed by atoms with Gasteiger partial charge in [0.15, 0.2) is 6.29 Å². The second-order valence-corrected chi connectivity index (χ2v) is 13.2. The molecule has 5 rings (SSSR count). The molecule has 2 aliphatic rings. The minimum absolute atomic E-state index is 0.0183. The molecule has 2 saturated heterocycles. The fourth-order valence-electron chi connectivity index (χ4n) is 5.43. The first kappa shape index (κ1) is 31.0. The van der Waals surface area contributed by atoms with Gasteiger partial charge in [-0.3, -0.25) is 9.97 Å². The van der Waals surface area contributed by atoms with Crippen molar-refractivity contribution in [1.82, 2.24) is 19.6 Å². The Morgan fingerprint density at radius 2 is 1.86 bits per heavy atom. The predicted molar refractivity (Wildman–Crippen MR) is 158 cm³/mol. The standard InChI is InChI=1S/C31H38N4O7S/c1-21(2)18-35(43(38,39)24-10-8-23(9-11-24)27-17-32-13-14-33-27)19-28(36)26(16-22-6-4-3-5-7-22)34-31(37)42-29-20-41-30-25(29)12-15-40-30/h3-11,13-14,17,21,25-26,28-30,36H,12,15-16,18-20H2,1-2H3,(H,34,37)/t25-,26-,28+,29-,30+/m0/s1. The van der Waals surface area contributed by atoms with Crippen LogP contribution in [0.3, 0.4) is 0 Å². The number of carbonyl (C=O) groups excluding carboxylic acids is 1. The highest BCUT2D eigenvalue weighted by Gasteiger charge is 2.44. The van der Waals surface area contributed by atoms with Crippen LogP contribution < -0.4 is 5.32 Å². The number of aliphatic hydroxyl groups excluding tert-OH is 1. The number of benzene rings is 2. The van der Waals surface area contributed by atoms with Gasteiger partial charge in [-0.2, -0.15) is 4.31 Å². The fraction of sp³-hybridized carbons (Fsp3) is 0.452. The Balaban J connectivity index is 1.33. The maximum absolute atomic E-state index is 13.8. The van der Waals surface area contributed by atoms with E-state index in [1.54, 1.807) is 30.7 Å². The maximum atomic E-state index is 13.8. The Morgan fingerprint density at radius 1 is 1.09 bits per heavy atom. The highest BCUT2D eigenvalue weighted by Crippen LogP contribution is 2.33. The third kappa shape index (κ3) is 7.76. The van der Waals surface area contributed by atoms with Crippen LogP contribution in [0.1, 0.15) is 25.8 Å². The van der Waals surface area contributed by atoms with Crippen LogP contribution in [0.5, 0.6) is 0 Å². The van der Waals surface area contributed by atoms with E-state index in [-0.39, 0.29) is 49.1 Å². The number of aromatic nitrogens is 2. The summed E-state index contributed by atoms with van der Waals surface area (Å²) in [5.41, 5.74) is 2.23. The number of aliphatic hydroxyl groups is 1. The van der Waals surface area contributed by atoms with E-state index in [1.165, 1.54) is 16.4 Å². The Morgan fingerprint density at radius 3 is 2.56 bits per heavy atom. The van der Waals surface area contributed by atoms with E-state index in [9.17, 15) is 18.3 Å². The summed E-state index contributed by atoms with van der Waals surface area (Å²) < 4.78 is 45.7. The summed E-state index contributed by atoms with van der Waals surface area (Å²) in [6.45, 7) is 4.56. The summed E-state index contributed by atoms with van der Waals surface area (Å²) in [7, 11) is -3.99. The fourth-order valence-corrected chi connectivity index (χ4v) is 7.05. The van der Waals surface area contributed by atoms with E-state index in [0.717, 1.165) is 17.5 Å². The summed E-state index contributed by atoms with van der Waals surface area (Å²) in [4.78, 5) is 21.5. The van der Waals surface area contributed by atoms with E-state index in [2.05, 4.69) is 15.3 Å². The third-order valence-electron chi connectivity index (χ3n) is 7.62. The van der Waals surface area contributed by atoms with Gasteiger partial charge in [-0.1, -0.05) is 56.3 Å². The van der Waals surface area contributed by atoms with E-state index >= 15 is 0 Å². The lowest BCUT2D eigenvalue weighted by molar-refractivity contribution is -0.0907. The van der Waals surface area contributed by atoms with Gasteiger partial charge in [-0.05, 0) is 36.5 Å². The number of amides is 1. The normalized spacial score (nSPS) is 21.5. The van der Waals surface area contributed by atoms with Crippen LogP contribution in [0.15, 0.2) is 78.1 Å². The number of rotatable bonds is 12. The molecule has 0 radical (unpaired) electrons. The largest absolute Gasteiger partial charge is 0.443 e. The summed E-state index contributed by atoms with van der Waals surface area (Å²) in [6.07, 6.45) is 3.01. The molecule has 3 heterocycles. The first-order valence-corrected chi connectivity index (χ1v) is 15.9. The van der Waals surface area contributed by atoms with Crippen LogP contribution in [0, 0.1) is 11.8 Å². The first-order valence-electron chi connectivity index (χ1n) is 14.5. The number of nitrogens with one attached hydrogen (secondary N) is 1. The molecule has 0 saturated carbocycles. The quantitative estimate of drug-likeness (QED) is 0.316. The molecule has 12 heteroatoms. The molecule has 0 unspecified atom stereocenters. The van der Waals surface area contributed by atoms with Gasteiger partial charge < -0.3 is 24.6 Å². The van der Waals surface area contributed by atoms with Gasteiger partial charge in [0.25, 0.3) is 0 Å². The molecule has 43 heavy (non-hydrogen) atoms. The molecular weight excluding hydrogens is 572 g/mol. The predicted octanol–water partition coefficient (Wildman–Crippen LogP) is 3.25. The summed E-state index contributed by atoms with van der Waals surface area (Å²) >= 11 is 0. The van der Waals surface area contributed by atoms with Gasteiger partial charge in [-0.15, -0.1) is 0 Å². The topological polar surface area (TPSA) is 140 Å². The lowest BCUT2D eigenvalue weighted by Crippen LogP contribution is -2.51. The smallest absolute Gasteiger partial charge is 0.407 e. The van der Waals surface area contributed by atoms with E-state index in [4.69, 9.17) is 14.2 Å². The van der Waals surface area contributed by atoms with Gasteiger partial charge in [0.2, 0.25) is 10.0 Å². The Hall–Kier alpha value is -3.42. The zero-order chi connectivity index (χ0) is 30.4. The monoisotopic (exact) mass is 610 g/mol. The van der Waals surface area contributed by atoms with Gasteiger partial charge in [0.1, 0.15) is 6.10 Å². The van der Waals surface area contributed by atoms with Gasteiger partial charge in [-0.25, -0.2) is 13.2 Å². The first-order chi connectivity index (χ1) is 20.7. The average molecular weight is 611 g/mol. The molecule has 230 valence electrons. The van der Waals surface area contributed by atoms with E-state index in [1.807, 2.05) is 44.2 Å². The molecule has 0 bridgehead atoms. The van der Waals surface area contributed by atoms with E-state index < -0.39 is 34.4 Å². The summed E-state index contributed by atoms with van der Waals surface area (Å²) in [5, 5.41) is 14.3. The maximum Gasteiger partial charge on any atom is 0.407 e. The Bertz CT molecular complexity index is 1440. The third-order valence-corrected chi connectivity index (χ3v) is 9.47. The Labute approximate surface area is 252 Å². The molecule has 2 aromatic carbocycles. The average Bonchev–Trinajstić information content (AvgIpc) is 3.62. The van der Waals surface area contributed by atoms with Crippen LogP contribution in [-0.4, -0.2) is 84.7 Å². The van der Waals surface area contributed by atoms with Crippen molar-refractivity contribution in [2.24, 2.45) is 11.8 Å². The SMILES string of the molecule is CC(C)CN(C[C@@H](O)[C@H](Cc1ccccc1)NC(=O)O[C@H]1CO[C@H]2OCC[C@H]21)S(=O)(=O)c1ccc(-c2cnccn2)cc1. The van der Waals surface area contributed by atoms with Crippen molar-refractivity contribution in [1.29, 1.82) is 0 Å². The number of hydrogen-bond donors (Lipinski definition) is 2. The van der Waals surface area contributed by atoms with Crippen molar-refractivity contribution in [2.75, 3.05) is 26.3 Å². The molecular formula is C31H38N4O7S. The number of ether oxygens (including phenoxy) is 3. The molecule has 1 aromatic heterocycles. The lowest BCUT2D eigenvalue weighted by Gasteiger charge is -2.31. The minimum atomic E-state index is -3.99. The van der Waals surface area contributed by atoms with Crippen molar-refractivity contribution in [2.45, 2.75) is 56.1 Å². The van der Waals surface area contributed by atoms with E-state index in [0.29, 0.717) is 12.3 Å². The second kappa shape index (κ2) is 13.9. The van der Waals surface area contributed by atoms with Crippen molar-refractivity contribution >= 4 is 16.1 Å². The van der Waals surface area contributed by atoms with Crippen LogP contribution in [0.25, 0.3) is 11.3 Å². The van der Waals surface area contributed by atoms with Crippen LogP contribution >= 0.6 is 0 Å². The molecule has 11 nitrogen and oxygen atoms in total. The molecule has 2 aliphatic heterocycles. The van der Waals surface area contributed by atoms with Crippen molar-refractivity contribution in [3.8, 4) is 11.3 Å². The zero-order valence-corrected chi connectivity index (χ0v) is 25.1. The molecule has 5 atom stereocenters. The molecule has 3 aromatic rings. The summed E-state index contributed by atoms with van der Waals surface area (Å²) in [6, 6.07) is 15.0. The Kier molecular flexibility index (Phi) is 10.0. The molecule has 1 amide bonds. The zero-order valence-electron chi connectivity index (χ0n) is 24.3. The molecule has 2 N–H and O–H groups in total. The van der Waals surface area contributed by atoms with Crippen molar-refractivity contribution in [3.05, 3.63) is 78.8 Å². The van der Waals surface area contributed by atoms with Crippen LogP contribution in [0.2, 0.25) is 0 Å². The number of fused-ring (bicyclic) bond motifs is 1. The molecule has 2 fully saturated rings. The number of alkyl carbamates (subject to hydrolysis) is 1. The van der Waals surface area contributed by atoms with Crippen LogP contribution in [-0.2, 0) is 30.7 Å². The van der Waals surface area contributed by atoms with Gasteiger partial charge in [0, 0.05) is 31.0 Å². The number of nitrogens with zero attached hydrogens (tertiary/aromatic N) is 3. The summed E-state index contributed by atoms with van der Waals surface area (Å²) in [5.74, 6) is -0.0504. The molecule has 0 aliphatic carbocycles. The van der Waals surface area contributed by atoms with Crippen LogP contribution in [0.4, 0.5) is 4.79 Å². The number of sulfonamides is 1. The van der Waals surface area contributed by atoms with Gasteiger partial charge in [0.05, 0.1) is 48.1 Å². The van der Waals surface area contributed by atoms with Crippen molar-refractivity contribution < 1.29 is 32.5 Å². The highest BCUT2D eigenvalue weighted by molar-refractivity contribution is 7.89. The molecule has 0 spiro atoms. The minimum Gasteiger partial charge on any atom is -0.443 e. The number of carbonyl (C=O) groups is 1. The van der Waals surface area contributed by atoms with Gasteiger partial charge >= 0.3 is 6.09 Å².